The van der Waals surface area contributed by atoms with Gasteiger partial charge in [0.15, 0.2) is 5.76 Å². The molecule has 0 spiro atoms. The van der Waals surface area contributed by atoms with Gasteiger partial charge in [0.05, 0.1) is 25.0 Å². The Morgan fingerprint density at radius 1 is 1.16 bits per heavy atom. The van der Waals surface area contributed by atoms with Gasteiger partial charge >= 0.3 is 0 Å². The van der Waals surface area contributed by atoms with E-state index in [4.69, 9.17) is 13.9 Å². The molecule has 1 aromatic carbocycles. The number of hydrogen-bond acceptors (Lipinski definition) is 4. The summed E-state index contributed by atoms with van der Waals surface area (Å²) in [5, 5.41) is 3.25. The highest BCUT2D eigenvalue weighted by Crippen LogP contribution is 2.34. The molecule has 0 unspecified atom stereocenters. The summed E-state index contributed by atoms with van der Waals surface area (Å²) < 4.78 is 17.6. The number of furan rings is 1. The molecule has 2 aliphatic rings. The third-order valence-corrected chi connectivity index (χ3v) is 5.51. The number of nitrogens with one attached hydrogen (secondary N) is 1. The molecule has 2 aromatic rings. The lowest BCUT2D eigenvalue weighted by molar-refractivity contribution is 0.0337. The van der Waals surface area contributed by atoms with Crippen molar-refractivity contribution in [1.82, 2.24) is 5.32 Å². The molecule has 6 heteroatoms. The van der Waals surface area contributed by atoms with Crippen LogP contribution in [-0.4, -0.2) is 25.7 Å². The van der Waals surface area contributed by atoms with Gasteiger partial charge < -0.3 is 19.2 Å². The fourth-order valence-corrected chi connectivity index (χ4v) is 4.03. The minimum Gasteiger partial charge on any atom is -0.459 e. The van der Waals surface area contributed by atoms with Crippen molar-refractivity contribution in [1.29, 1.82) is 0 Å². The zero-order valence-corrected chi connectivity index (χ0v) is 15.4. The topological polar surface area (TPSA) is 60.7 Å². The zero-order chi connectivity index (χ0) is 17.3. The van der Waals surface area contributed by atoms with E-state index in [9.17, 15) is 4.79 Å². The van der Waals surface area contributed by atoms with E-state index < -0.39 is 5.54 Å². The summed E-state index contributed by atoms with van der Waals surface area (Å²) in [4.78, 5) is 13.0. The van der Waals surface area contributed by atoms with Crippen molar-refractivity contribution in [2.45, 2.75) is 31.4 Å². The summed E-state index contributed by atoms with van der Waals surface area (Å²) in [6.45, 7) is 2.38. The first-order chi connectivity index (χ1) is 12.2. The summed E-state index contributed by atoms with van der Waals surface area (Å²) >= 11 is 3.53. The molecule has 0 saturated carbocycles. The molecule has 1 fully saturated rings. The fraction of sp³-hybridized carbons (Fsp3) is 0.421. The maximum absolute atomic E-state index is 13.0. The highest BCUT2D eigenvalue weighted by Gasteiger charge is 2.37. The number of rotatable bonds is 3. The third kappa shape index (κ3) is 3.26. The molecule has 1 aromatic heterocycles. The van der Waals surface area contributed by atoms with Crippen LogP contribution in [0.25, 0.3) is 0 Å². The van der Waals surface area contributed by atoms with Crippen molar-refractivity contribution in [3.63, 3.8) is 0 Å². The highest BCUT2D eigenvalue weighted by molar-refractivity contribution is 9.10. The van der Waals surface area contributed by atoms with Crippen LogP contribution in [0.1, 0.15) is 40.1 Å². The van der Waals surface area contributed by atoms with E-state index >= 15 is 0 Å². The lowest BCUT2D eigenvalue weighted by atomic mass is 9.82. The van der Waals surface area contributed by atoms with E-state index in [0.29, 0.717) is 38.6 Å². The molecule has 4 rings (SSSR count). The number of carbonyl (C=O) groups excluding carboxylic acids is 1. The van der Waals surface area contributed by atoms with Crippen LogP contribution in [0.3, 0.4) is 0 Å². The van der Waals surface area contributed by atoms with E-state index in [1.54, 1.807) is 6.26 Å². The van der Waals surface area contributed by atoms with Crippen molar-refractivity contribution >= 4 is 21.8 Å². The van der Waals surface area contributed by atoms with Gasteiger partial charge in [0.25, 0.3) is 5.91 Å². The molecule has 5 nitrogen and oxygen atoms in total. The Kier molecular flexibility index (Phi) is 4.67. The van der Waals surface area contributed by atoms with Crippen molar-refractivity contribution in [2.75, 3.05) is 19.8 Å². The number of hydrogen-bond donors (Lipinski definition) is 1. The van der Waals surface area contributed by atoms with Gasteiger partial charge in [-0.05, 0) is 30.5 Å². The van der Waals surface area contributed by atoms with E-state index in [0.717, 1.165) is 34.0 Å². The van der Waals surface area contributed by atoms with Crippen LogP contribution >= 0.6 is 15.9 Å². The Morgan fingerprint density at radius 3 is 2.80 bits per heavy atom. The average molecular weight is 406 g/mol. The van der Waals surface area contributed by atoms with Crippen molar-refractivity contribution < 1.29 is 18.7 Å². The number of benzene rings is 1. The predicted molar refractivity (Wildman–Crippen MR) is 95.4 cm³/mol. The second-order valence-electron chi connectivity index (χ2n) is 6.53. The Hall–Kier alpha value is -1.63. The van der Waals surface area contributed by atoms with Gasteiger partial charge in [-0.2, -0.15) is 0 Å². The molecule has 1 amide bonds. The number of ether oxygens (including phenoxy) is 2. The lowest BCUT2D eigenvalue weighted by Gasteiger charge is -2.38. The lowest BCUT2D eigenvalue weighted by Crippen LogP contribution is -2.49. The van der Waals surface area contributed by atoms with Gasteiger partial charge in [-0.1, -0.05) is 28.1 Å². The monoisotopic (exact) mass is 405 g/mol. The van der Waals surface area contributed by atoms with Gasteiger partial charge in [-0.25, -0.2) is 0 Å². The molecule has 0 atom stereocenters. The smallest absolute Gasteiger partial charge is 0.287 e. The minimum atomic E-state index is -0.441. The second-order valence-corrected chi connectivity index (χ2v) is 7.45. The summed E-state index contributed by atoms with van der Waals surface area (Å²) in [5.74, 6) is 0.254. The van der Waals surface area contributed by atoms with E-state index in [2.05, 4.69) is 33.4 Å². The SMILES string of the molecule is O=C(NC1(c2cccc(Br)c2)CCOCC1)c1occ2c1CCOC2. The quantitative estimate of drug-likeness (QED) is 0.847. The zero-order valence-electron chi connectivity index (χ0n) is 13.8. The molecule has 0 bridgehead atoms. The minimum absolute atomic E-state index is 0.162. The van der Waals surface area contributed by atoms with Crippen LogP contribution in [0.15, 0.2) is 39.4 Å². The Bertz CT molecular complexity index is 779. The number of carbonyl (C=O) groups is 1. The third-order valence-electron chi connectivity index (χ3n) is 5.02. The molecule has 3 heterocycles. The molecule has 0 aliphatic carbocycles. The Labute approximate surface area is 154 Å². The number of amides is 1. The van der Waals surface area contributed by atoms with Crippen LogP contribution in [-0.2, 0) is 28.0 Å². The van der Waals surface area contributed by atoms with Crippen molar-refractivity contribution in [3.05, 3.63) is 57.5 Å². The highest BCUT2D eigenvalue weighted by atomic mass is 79.9. The average Bonchev–Trinajstić information content (AvgIpc) is 3.07. The second kappa shape index (κ2) is 6.94. The van der Waals surface area contributed by atoms with Crippen LogP contribution < -0.4 is 5.32 Å². The summed E-state index contributed by atoms with van der Waals surface area (Å²) in [7, 11) is 0. The van der Waals surface area contributed by atoms with Crippen molar-refractivity contribution in [3.8, 4) is 0 Å². The van der Waals surface area contributed by atoms with Crippen LogP contribution in [0, 0.1) is 0 Å². The fourth-order valence-electron chi connectivity index (χ4n) is 3.63. The molecule has 0 radical (unpaired) electrons. The Balaban J connectivity index is 1.65. The van der Waals surface area contributed by atoms with Gasteiger partial charge in [0.1, 0.15) is 0 Å². The molecular weight excluding hydrogens is 386 g/mol. The van der Waals surface area contributed by atoms with Crippen LogP contribution in [0.2, 0.25) is 0 Å². The standard InChI is InChI=1S/C19H20BrNO4/c20-15-3-1-2-14(10-15)19(5-8-23-9-6-19)21-18(22)17-16-4-7-24-11-13(16)12-25-17/h1-3,10,12H,4-9,11H2,(H,21,22). The Morgan fingerprint density at radius 2 is 2.00 bits per heavy atom. The molecule has 2 aliphatic heterocycles. The van der Waals surface area contributed by atoms with Gasteiger partial charge in [0.2, 0.25) is 0 Å². The van der Waals surface area contributed by atoms with Gasteiger partial charge in [-0.3, -0.25) is 4.79 Å². The largest absolute Gasteiger partial charge is 0.459 e. The van der Waals surface area contributed by atoms with E-state index in [1.165, 1.54) is 0 Å². The molecular formula is C19H20BrNO4. The van der Waals surface area contributed by atoms with E-state index in [-0.39, 0.29) is 5.91 Å². The molecule has 25 heavy (non-hydrogen) atoms. The van der Waals surface area contributed by atoms with Gasteiger partial charge in [-0.15, -0.1) is 0 Å². The predicted octanol–water partition coefficient (Wildman–Crippen LogP) is 3.55. The molecule has 132 valence electrons. The van der Waals surface area contributed by atoms with Gasteiger partial charge in [0, 0.05) is 35.2 Å². The maximum atomic E-state index is 13.0. The van der Waals surface area contributed by atoms with Crippen LogP contribution in [0.5, 0.6) is 0 Å². The summed E-state index contributed by atoms with van der Waals surface area (Å²) in [6.07, 6.45) is 3.82. The van der Waals surface area contributed by atoms with Crippen molar-refractivity contribution in [2.24, 2.45) is 0 Å². The first-order valence-corrected chi connectivity index (χ1v) is 9.30. The van der Waals surface area contributed by atoms with E-state index in [1.807, 2.05) is 12.1 Å². The summed E-state index contributed by atoms with van der Waals surface area (Å²) in [6, 6.07) is 8.11. The number of fused-ring (bicyclic) bond motifs is 1. The number of halogens is 1. The first-order valence-electron chi connectivity index (χ1n) is 8.51. The summed E-state index contributed by atoms with van der Waals surface area (Å²) in [5.41, 5.74) is 2.59. The van der Waals surface area contributed by atoms with Crippen LogP contribution in [0.4, 0.5) is 0 Å². The normalized spacial score (nSPS) is 19.2. The maximum Gasteiger partial charge on any atom is 0.287 e. The first kappa shape index (κ1) is 16.8. The molecule has 1 N–H and O–H groups in total. The molecule has 1 saturated heterocycles.